The van der Waals surface area contributed by atoms with Gasteiger partial charge in [-0.2, -0.15) is 0 Å². The lowest BCUT2D eigenvalue weighted by molar-refractivity contribution is 0.0153. The Hall–Kier alpha value is -1.38. The maximum atomic E-state index is 5.77. The summed E-state index contributed by atoms with van der Waals surface area (Å²) in [7, 11) is 0. The third-order valence-electron chi connectivity index (χ3n) is 2.93. The first kappa shape index (κ1) is 8.89. The van der Waals surface area contributed by atoms with Crippen LogP contribution in [-0.2, 0) is 15.1 Å². The Balaban J connectivity index is 2.09. The molecule has 0 spiro atoms. The van der Waals surface area contributed by atoms with Gasteiger partial charge in [0, 0.05) is 0 Å². The predicted octanol–water partition coefficient (Wildman–Crippen LogP) is 2.38. The van der Waals surface area contributed by atoms with Gasteiger partial charge in [0.05, 0.1) is 0 Å². The molecule has 2 atom stereocenters. The van der Waals surface area contributed by atoms with Crippen LogP contribution < -0.4 is 0 Å². The molecule has 3 rings (SSSR count). The van der Waals surface area contributed by atoms with E-state index in [9.17, 15) is 0 Å². The van der Waals surface area contributed by atoms with E-state index >= 15 is 0 Å². The van der Waals surface area contributed by atoms with E-state index in [-0.39, 0.29) is 6.10 Å². The van der Waals surface area contributed by atoms with Crippen LogP contribution in [0.4, 0.5) is 0 Å². The molecule has 2 aliphatic rings. The van der Waals surface area contributed by atoms with Gasteiger partial charge in [0.1, 0.15) is 18.5 Å². The van der Waals surface area contributed by atoms with E-state index in [1.807, 2.05) is 36.4 Å². The van der Waals surface area contributed by atoms with E-state index < -0.39 is 5.60 Å². The molecule has 1 aliphatic heterocycles. The fraction of sp³-hybridized carbons (Fsp3) is 0.231. The summed E-state index contributed by atoms with van der Waals surface area (Å²) in [5, 5.41) is 0. The highest BCUT2D eigenvalue weighted by Gasteiger charge is 2.44. The Morgan fingerprint density at radius 1 is 1.13 bits per heavy atom. The Labute approximate surface area is 88.8 Å². The molecule has 0 bridgehead atoms. The number of rotatable bonds is 1. The molecule has 1 aromatic rings. The van der Waals surface area contributed by atoms with Gasteiger partial charge in [-0.15, -0.1) is 0 Å². The third-order valence-corrected chi connectivity index (χ3v) is 2.93. The highest BCUT2D eigenvalue weighted by Crippen LogP contribution is 2.39. The fourth-order valence-electron chi connectivity index (χ4n) is 2.16. The van der Waals surface area contributed by atoms with Crippen LogP contribution >= 0.6 is 0 Å². The quantitative estimate of drug-likeness (QED) is 0.693. The summed E-state index contributed by atoms with van der Waals surface area (Å²) < 4.78 is 11.3. The zero-order valence-electron chi connectivity index (χ0n) is 8.30. The summed E-state index contributed by atoms with van der Waals surface area (Å²) in [6.45, 7) is 0.355. The molecule has 0 N–H and O–H groups in total. The lowest BCUT2D eigenvalue weighted by atomic mass is 9.85. The maximum Gasteiger partial charge on any atom is 0.149 e. The minimum Gasteiger partial charge on any atom is -0.344 e. The Kier molecular flexibility index (Phi) is 1.97. The van der Waals surface area contributed by atoms with E-state index in [1.54, 1.807) is 0 Å². The second kappa shape index (κ2) is 3.33. The molecule has 1 heterocycles. The average Bonchev–Trinajstić information content (AvgIpc) is 2.75. The van der Waals surface area contributed by atoms with Crippen LogP contribution in [0.3, 0.4) is 0 Å². The summed E-state index contributed by atoms with van der Waals surface area (Å²) in [5.41, 5.74) is 0.740. The molecule has 2 heteroatoms. The van der Waals surface area contributed by atoms with Gasteiger partial charge in [-0.25, -0.2) is 0 Å². The molecular weight excluding hydrogens is 188 g/mol. The Morgan fingerprint density at radius 3 is 2.87 bits per heavy atom. The van der Waals surface area contributed by atoms with Gasteiger partial charge >= 0.3 is 0 Å². The Bertz CT molecular complexity index is 408. The molecule has 1 fully saturated rings. The SMILES string of the molecule is C1=CC2OCOC2(c2ccccc2)C=C1. The van der Waals surface area contributed by atoms with Crippen molar-refractivity contribution in [2.45, 2.75) is 11.7 Å². The average molecular weight is 200 g/mol. The second-order valence-electron chi connectivity index (χ2n) is 3.75. The minimum absolute atomic E-state index is 0.00454. The topological polar surface area (TPSA) is 18.5 Å². The van der Waals surface area contributed by atoms with Crippen molar-refractivity contribution in [3.8, 4) is 0 Å². The molecule has 15 heavy (non-hydrogen) atoms. The van der Waals surface area contributed by atoms with E-state index in [2.05, 4.69) is 18.2 Å². The largest absolute Gasteiger partial charge is 0.344 e. The number of ether oxygens (including phenoxy) is 2. The molecular formula is C13H12O2. The predicted molar refractivity (Wildman–Crippen MR) is 57.2 cm³/mol. The van der Waals surface area contributed by atoms with Crippen molar-refractivity contribution in [2.24, 2.45) is 0 Å². The molecule has 2 nitrogen and oxygen atoms in total. The minimum atomic E-state index is -0.407. The normalized spacial score (nSPS) is 32.9. The van der Waals surface area contributed by atoms with Crippen molar-refractivity contribution in [3.63, 3.8) is 0 Å². The van der Waals surface area contributed by atoms with Crippen molar-refractivity contribution < 1.29 is 9.47 Å². The number of hydrogen-bond donors (Lipinski definition) is 0. The first-order chi connectivity index (χ1) is 7.42. The smallest absolute Gasteiger partial charge is 0.149 e. The van der Waals surface area contributed by atoms with Crippen LogP contribution in [0.5, 0.6) is 0 Å². The van der Waals surface area contributed by atoms with Crippen molar-refractivity contribution in [1.82, 2.24) is 0 Å². The number of fused-ring (bicyclic) bond motifs is 1. The van der Waals surface area contributed by atoms with Gasteiger partial charge in [-0.05, 0) is 11.6 Å². The molecule has 1 saturated heterocycles. The molecule has 1 aromatic carbocycles. The van der Waals surface area contributed by atoms with Crippen LogP contribution in [0.1, 0.15) is 5.56 Å². The summed E-state index contributed by atoms with van der Waals surface area (Å²) in [6.07, 6.45) is 8.13. The van der Waals surface area contributed by atoms with Gasteiger partial charge in [-0.1, -0.05) is 48.6 Å². The van der Waals surface area contributed by atoms with Crippen molar-refractivity contribution >= 4 is 0 Å². The summed E-state index contributed by atoms with van der Waals surface area (Å²) in [6, 6.07) is 10.2. The zero-order chi connectivity index (χ0) is 10.1. The van der Waals surface area contributed by atoms with E-state index in [4.69, 9.17) is 9.47 Å². The second-order valence-corrected chi connectivity index (χ2v) is 3.75. The van der Waals surface area contributed by atoms with Crippen molar-refractivity contribution in [2.75, 3.05) is 6.79 Å². The van der Waals surface area contributed by atoms with Crippen molar-refractivity contribution in [3.05, 3.63) is 60.2 Å². The van der Waals surface area contributed by atoms with E-state index in [1.165, 1.54) is 0 Å². The molecule has 0 radical (unpaired) electrons. The first-order valence-corrected chi connectivity index (χ1v) is 5.09. The Morgan fingerprint density at radius 2 is 2.00 bits per heavy atom. The van der Waals surface area contributed by atoms with Gasteiger partial charge < -0.3 is 9.47 Å². The van der Waals surface area contributed by atoms with E-state index in [0.717, 1.165) is 5.56 Å². The number of hydrogen-bond acceptors (Lipinski definition) is 2. The lowest BCUT2D eigenvalue weighted by Gasteiger charge is -2.30. The van der Waals surface area contributed by atoms with Gasteiger partial charge in [0.15, 0.2) is 0 Å². The van der Waals surface area contributed by atoms with Crippen molar-refractivity contribution in [1.29, 1.82) is 0 Å². The fourth-order valence-corrected chi connectivity index (χ4v) is 2.16. The third kappa shape index (κ3) is 1.26. The molecule has 0 saturated carbocycles. The highest BCUT2D eigenvalue weighted by molar-refractivity contribution is 5.36. The molecule has 0 amide bonds. The molecule has 2 unspecified atom stereocenters. The monoisotopic (exact) mass is 200 g/mol. The highest BCUT2D eigenvalue weighted by atomic mass is 16.7. The standard InChI is InChI=1S/C13H12O2/c1-2-6-11(7-3-1)13-9-5-4-8-12(13)14-10-15-13/h1-9,12H,10H2. The van der Waals surface area contributed by atoms with E-state index in [0.29, 0.717) is 6.79 Å². The molecule has 76 valence electrons. The van der Waals surface area contributed by atoms with Gasteiger partial charge in [-0.3, -0.25) is 0 Å². The summed E-state index contributed by atoms with van der Waals surface area (Å²) in [5.74, 6) is 0. The maximum absolute atomic E-state index is 5.77. The molecule has 1 aliphatic carbocycles. The number of allylic oxidation sites excluding steroid dienone is 2. The summed E-state index contributed by atoms with van der Waals surface area (Å²) >= 11 is 0. The van der Waals surface area contributed by atoms with Crippen LogP contribution in [0.25, 0.3) is 0 Å². The molecule has 0 aromatic heterocycles. The lowest BCUT2D eigenvalue weighted by Crippen LogP contribution is -2.34. The van der Waals surface area contributed by atoms with Crippen LogP contribution in [0.15, 0.2) is 54.6 Å². The zero-order valence-corrected chi connectivity index (χ0v) is 8.30. The first-order valence-electron chi connectivity index (χ1n) is 5.09. The number of benzene rings is 1. The van der Waals surface area contributed by atoms with Gasteiger partial charge in [0.25, 0.3) is 0 Å². The van der Waals surface area contributed by atoms with Crippen LogP contribution in [-0.4, -0.2) is 12.9 Å². The van der Waals surface area contributed by atoms with Crippen LogP contribution in [0.2, 0.25) is 0 Å². The van der Waals surface area contributed by atoms with Crippen LogP contribution in [0, 0.1) is 0 Å². The summed E-state index contributed by atoms with van der Waals surface area (Å²) in [4.78, 5) is 0. The van der Waals surface area contributed by atoms with Gasteiger partial charge in [0.2, 0.25) is 0 Å².